The number of fused-ring (bicyclic) bond motifs is 4. The Morgan fingerprint density at radius 1 is 0.967 bits per heavy atom. The van der Waals surface area contributed by atoms with Crippen LogP contribution in [0.3, 0.4) is 0 Å². The maximum atomic E-state index is 14.0. The standard InChI is InChI=1S/C22H20F2N6/c23-22(24)10-15-2-3-16(11-22)30(15)21-17-4-1-14(9-13(17)5-6-27-21)29-20-19-18(12-28-20)25-7-8-26-19/h1,4-9,15-16H,2-3,10-12H2,(H,28,29). The van der Waals surface area contributed by atoms with E-state index in [9.17, 15) is 8.78 Å². The molecule has 2 saturated heterocycles. The van der Waals surface area contributed by atoms with Crippen molar-refractivity contribution in [2.45, 2.75) is 50.2 Å². The van der Waals surface area contributed by atoms with Crippen LogP contribution in [0.25, 0.3) is 10.8 Å². The van der Waals surface area contributed by atoms with Crippen molar-refractivity contribution in [3.05, 3.63) is 54.2 Å². The van der Waals surface area contributed by atoms with Crippen molar-refractivity contribution in [1.82, 2.24) is 15.0 Å². The van der Waals surface area contributed by atoms with E-state index in [-0.39, 0.29) is 24.9 Å². The zero-order valence-electron chi connectivity index (χ0n) is 16.2. The summed E-state index contributed by atoms with van der Waals surface area (Å²) in [5, 5.41) is 5.34. The molecular weight excluding hydrogens is 386 g/mol. The summed E-state index contributed by atoms with van der Waals surface area (Å²) in [6, 6.07) is 7.70. The predicted molar refractivity (Wildman–Crippen MR) is 111 cm³/mol. The van der Waals surface area contributed by atoms with E-state index in [4.69, 9.17) is 0 Å². The lowest BCUT2D eigenvalue weighted by Gasteiger charge is -2.40. The van der Waals surface area contributed by atoms with Gasteiger partial charge < -0.3 is 10.2 Å². The van der Waals surface area contributed by atoms with Crippen LogP contribution in [-0.2, 0) is 6.54 Å². The van der Waals surface area contributed by atoms with Gasteiger partial charge in [0.15, 0.2) is 5.84 Å². The Labute approximate surface area is 172 Å². The zero-order chi connectivity index (χ0) is 20.3. The Morgan fingerprint density at radius 2 is 1.77 bits per heavy atom. The number of aliphatic imine (C=N–C) groups is 1. The van der Waals surface area contributed by atoms with Crippen molar-refractivity contribution in [1.29, 1.82) is 0 Å². The van der Waals surface area contributed by atoms with Gasteiger partial charge in [0.1, 0.15) is 11.5 Å². The molecule has 2 aromatic heterocycles. The molecule has 6 rings (SSSR count). The van der Waals surface area contributed by atoms with Crippen molar-refractivity contribution in [2.75, 3.05) is 10.2 Å². The molecule has 2 unspecified atom stereocenters. The molecule has 6 nitrogen and oxygen atoms in total. The number of amidine groups is 1. The molecule has 2 fully saturated rings. The number of nitrogens with zero attached hydrogens (tertiary/aromatic N) is 5. The minimum absolute atomic E-state index is 0.0819. The number of hydrogen-bond acceptors (Lipinski definition) is 6. The minimum atomic E-state index is -2.56. The lowest BCUT2D eigenvalue weighted by atomic mass is 9.98. The number of hydrogen-bond donors (Lipinski definition) is 1. The van der Waals surface area contributed by atoms with Crippen molar-refractivity contribution >= 4 is 28.1 Å². The van der Waals surface area contributed by atoms with Crippen LogP contribution in [0.5, 0.6) is 0 Å². The van der Waals surface area contributed by atoms with Gasteiger partial charge in [0.25, 0.3) is 5.92 Å². The number of piperidine rings is 1. The van der Waals surface area contributed by atoms with Gasteiger partial charge in [-0.15, -0.1) is 0 Å². The highest BCUT2D eigenvalue weighted by molar-refractivity contribution is 6.10. The Hall–Kier alpha value is -3.16. The van der Waals surface area contributed by atoms with Gasteiger partial charge >= 0.3 is 0 Å². The van der Waals surface area contributed by atoms with E-state index in [2.05, 4.69) is 30.2 Å². The minimum Gasteiger partial charge on any atom is -0.350 e. The highest BCUT2D eigenvalue weighted by atomic mass is 19.3. The molecule has 3 aromatic rings. The van der Waals surface area contributed by atoms with Gasteiger partial charge in [0.05, 0.1) is 12.2 Å². The summed E-state index contributed by atoms with van der Waals surface area (Å²) in [4.78, 5) is 19.9. The molecule has 3 aliphatic rings. The smallest absolute Gasteiger partial charge is 0.252 e. The average Bonchev–Trinajstić information content (AvgIpc) is 3.26. The van der Waals surface area contributed by atoms with Gasteiger partial charge in [0.2, 0.25) is 0 Å². The number of halogens is 2. The van der Waals surface area contributed by atoms with Gasteiger partial charge in [-0.1, -0.05) is 0 Å². The summed E-state index contributed by atoms with van der Waals surface area (Å²) in [5.74, 6) is -1.04. The van der Waals surface area contributed by atoms with E-state index in [0.29, 0.717) is 12.4 Å². The van der Waals surface area contributed by atoms with Crippen LogP contribution in [0.15, 0.2) is 47.8 Å². The normalized spacial score (nSPS) is 24.1. The third-order valence-electron chi connectivity index (χ3n) is 6.32. The van der Waals surface area contributed by atoms with Crippen LogP contribution in [0, 0.1) is 0 Å². The second-order valence-corrected chi connectivity index (χ2v) is 8.27. The third-order valence-corrected chi connectivity index (χ3v) is 6.32. The van der Waals surface area contributed by atoms with Crippen LogP contribution in [-0.4, -0.2) is 38.8 Å². The van der Waals surface area contributed by atoms with Crippen molar-refractivity contribution < 1.29 is 8.78 Å². The Kier molecular flexibility index (Phi) is 3.78. The van der Waals surface area contributed by atoms with Gasteiger partial charge in [0, 0.05) is 54.6 Å². The Balaban J connectivity index is 1.33. The molecule has 1 aromatic carbocycles. The van der Waals surface area contributed by atoms with Crippen molar-refractivity contribution in [3.8, 4) is 0 Å². The number of pyridine rings is 1. The van der Waals surface area contributed by atoms with E-state index in [1.165, 1.54) is 0 Å². The first-order valence-corrected chi connectivity index (χ1v) is 10.2. The second kappa shape index (κ2) is 6.42. The molecule has 0 radical (unpaired) electrons. The number of aromatic nitrogens is 3. The SMILES string of the molecule is FC1(F)CC2CCC(C1)N2c1nccc2cc(NC3=NCc4nccnc43)ccc12. The highest BCUT2D eigenvalue weighted by Gasteiger charge is 2.50. The maximum Gasteiger partial charge on any atom is 0.252 e. The molecule has 152 valence electrons. The lowest BCUT2D eigenvalue weighted by molar-refractivity contribution is -0.0358. The monoisotopic (exact) mass is 406 g/mol. The van der Waals surface area contributed by atoms with Crippen molar-refractivity contribution in [2.24, 2.45) is 4.99 Å². The van der Waals surface area contributed by atoms with Gasteiger partial charge in [-0.05, 0) is 42.5 Å². The van der Waals surface area contributed by atoms with E-state index in [1.54, 1.807) is 18.6 Å². The van der Waals surface area contributed by atoms with E-state index in [0.717, 1.165) is 46.5 Å². The first-order chi connectivity index (χ1) is 14.6. The molecule has 2 atom stereocenters. The van der Waals surface area contributed by atoms with Crippen LogP contribution >= 0.6 is 0 Å². The number of alkyl halides is 2. The van der Waals surface area contributed by atoms with Crippen molar-refractivity contribution in [3.63, 3.8) is 0 Å². The van der Waals surface area contributed by atoms with E-state index in [1.807, 2.05) is 24.3 Å². The topological polar surface area (TPSA) is 66.3 Å². The van der Waals surface area contributed by atoms with E-state index < -0.39 is 5.92 Å². The molecule has 0 aliphatic carbocycles. The molecule has 0 saturated carbocycles. The summed E-state index contributed by atoms with van der Waals surface area (Å²) in [6.07, 6.45) is 6.54. The first-order valence-electron chi connectivity index (χ1n) is 10.2. The maximum absolute atomic E-state index is 14.0. The molecule has 5 heterocycles. The fourth-order valence-electron chi connectivity index (χ4n) is 5.07. The average molecular weight is 406 g/mol. The second-order valence-electron chi connectivity index (χ2n) is 8.27. The lowest BCUT2D eigenvalue weighted by Crippen LogP contribution is -2.48. The largest absolute Gasteiger partial charge is 0.350 e. The summed E-state index contributed by atoms with van der Waals surface area (Å²) >= 11 is 0. The summed E-state index contributed by atoms with van der Waals surface area (Å²) in [6.45, 7) is 0.523. The third kappa shape index (κ3) is 2.81. The summed E-state index contributed by atoms with van der Waals surface area (Å²) < 4.78 is 28.0. The quantitative estimate of drug-likeness (QED) is 0.692. The fraction of sp³-hybridized carbons (Fsp3) is 0.364. The molecule has 0 amide bonds. The molecule has 8 heteroatoms. The van der Waals surface area contributed by atoms with Crippen LogP contribution in [0.4, 0.5) is 20.3 Å². The van der Waals surface area contributed by atoms with Gasteiger partial charge in [-0.25, -0.2) is 18.7 Å². The van der Waals surface area contributed by atoms with Crippen LogP contribution in [0.2, 0.25) is 0 Å². The Bertz CT molecular complexity index is 1160. The van der Waals surface area contributed by atoms with Crippen LogP contribution in [0.1, 0.15) is 37.1 Å². The fourth-order valence-corrected chi connectivity index (χ4v) is 5.07. The zero-order valence-corrected chi connectivity index (χ0v) is 16.2. The number of nitrogens with one attached hydrogen (secondary N) is 1. The molecule has 2 bridgehead atoms. The van der Waals surface area contributed by atoms with Gasteiger partial charge in [-0.2, -0.15) is 0 Å². The molecule has 30 heavy (non-hydrogen) atoms. The molecule has 3 aliphatic heterocycles. The number of benzene rings is 1. The predicted octanol–water partition coefficient (Wildman–Crippen LogP) is 4.16. The van der Waals surface area contributed by atoms with Gasteiger partial charge in [-0.3, -0.25) is 9.98 Å². The summed E-state index contributed by atoms with van der Waals surface area (Å²) in [7, 11) is 0. The summed E-state index contributed by atoms with van der Waals surface area (Å²) in [5.41, 5.74) is 2.54. The number of rotatable bonds is 2. The molecule has 0 spiro atoms. The number of anilines is 2. The highest BCUT2D eigenvalue weighted by Crippen LogP contribution is 2.46. The van der Waals surface area contributed by atoms with E-state index >= 15 is 0 Å². The first kappa shape index (κ1) is 17.7. The molecule has 1 N–H and O–H groups in total. The molecular formula is C22H20F2N6. The Morgan fingerprint density at radius 3 is 2.60 bits per heavy atom. The van der Waals surface area contributed by atoms with Crippen LogP contribution < -0.4 is 10.2 Å².